The van der Waals surface area contributed by atoms with Gasteiger partial charge in [-0.1, -0.05) is 20.8 Å². The Kier molecular flexibility index (Phi) is 10.3. The van der Waals surface area contributed by atoms with E-state index in [2.05, 4.69) is 0 Å². The summed E-state index contributed by atoms with van der Waals surface area (Å²) in [4.78, 5) is 43.7. The number of nitrogens with zero attached hydrogens (tertiary/aromatic N) is 2. The van der Waals surface area contributed by atoms with Crippen LogP contribution in [0.2, 0.25) is 0 Å². The van der Waals surface area contributed by atoms with E-state index in [9.17, 15) is 14.4 Å². The van der Waals surface area contributed by atoms with Crippen LogP contribution in [0, 0.1) is 5.41 Å². The molecule has 0 spiro atoms. The van der Waals surface area contributed by atoms with Gasteiger partial charge in [0.05, 0.1) is 48.2 Å². The van der Waals surface area contributed by atoms with Crippen molar-refractivity contribution in [2.45, 2.75) is 33.2 Å². The molecule has 43 heavy (non-hydrogen) atoms. The van der Waals surface area contributed by atoms with Gasteiger partial charge in [-0.05, 0) is 29.7 Å². The molecule has 0 aromatic heterocycles. The summed E-state index contributed by atoms with van der Waals surface area (Å²) in [6.07, 6.45) is 0. The molecule has 2 aromatic rings. The van der Waals surface area contributed by atoms with E-state index in [1.165, 1.54) is 49.6 Å². The van der Waals surface area contributed by atoms with Crippen LogP contribution in [0.1, 0.15) is 48.4 Å². The van der Waals surface area contributed by atoms with Gasteiger partial charge >= 0.3 is 5.97 Å². The van der Waals surface area contributed by atoms with Gasteiger partial charge in [0.1, 0.15) is 6.61 Å². The lowest BCUT2D eigenvalue weighted by Gasteiger charge is -2.56. The van der Waals surface area contributed by atoms with Crippen LogP contribution >= 0.6 is 0 Å². The summed E-state index contributed by atoms with van der Waals surface area (Å²) in [6.45, 7) is 7.45. The molecule has 0 N–H and O–H groups in total. The smallest absolute Gasteiger partial charge is 0.302 e. The SMILES string of the molecule is COc1cc(C(=O)N2CCN(C(=O)c3cc(OC)c(OC)c(OC)c3)C(COC(C)=O)(C(C)(C)C)C2)cc(OC)c1OC. The molecule has 1 heterocycles. The predicted octanol–water partition coefficient (Wildman–Crippen LogP) is 3.68. The Labute approximate surface area is 252 Å². The van der Waals surface area contributed by atoms with Gasteiger partial charge in [0.2, 0.25) is 11.5 Å². The molecule has 0 aliphatic carbocycles. The zero-order valence-corrected chi connectivity index (χ0v) is 26.6. The number of hydrogen-bond acceptors (Lipinski definition) is 10. The standard InChI is InChI=1S/C31H42N2O10/c1-19(34)43-18-31(30(2,3)4)17-32(28(35)20-13-22(37-5)26(41-9)23(14-20)38-6)11-12-33(31)29(36)21-15-24(39-7)27(42-10)25(16-21)40-8/h13-16H,11-12,17-18H2,1-10H3. The van der Waals surface area contributed by atoms with Gasteiger partial charge in [-0.2, -0.15) is 0 Å². The highest BCUT2D eigenvalue weighted by Gasteiger charge is 2.54. The normalized spacial score (nSPS) is 16.7. The van der Waals surface area contributed by atoms with E-state index in [1.807, 2.05) is 20.8 Å². The molecule has 3 rings (SSSR count). The van der Waals surface area contributed by atoms with E-state index < -0.39 is 16.9 Å². The largest absolute Gasteiger partial charge is 0.493 e. The number of piperazine rings is 1. The third kappa shape index (κ3) is 6.37. The molecule has 1 saturated heterocycles. The number of hydrogen-bond donors (Lipinski definition) is 0. The summed E-state index contributed by atoms with van der Waals surface area (Å²) in [6, 6.07) is 6.33. The molecule has 1 aliphatic heterocycles. The molecular weight excluding hydrogens is 560 g/mol. The van der Waals surface area contributed by atoms with Crippen LogP contribution in [-0.2, 0) is 9.53 Å². The monoisotopic (exact) mass is 602 g/mol. The zero-order valence-electron chi connectivity index (χ0n) is 26.6. The third-order valence-electron chi connectivity index (χ3n) is 7.83. The highest BCUT2D eigenvalue weighted by atomic mass is 16.5. The summed E-state index contributed by atoms with van der Waals surface area (Å²) >= 11 is 0. The first-order chi connectivity index (χ1) is 20.3. The molecule has 12 nitrogen and oxygen atoms in total. The van der Waals surface area contributed by atoms with Gasteiger partial charge in [0.25, 0.3) is 11.8 Å². The van der Waals surface area contributed by atoms with E-state index in [-0.39, 0.29) is 43.6 Å². The number of esters is 1. The maximum Gasteiger partial charge on any atom is 0.302 e. The van der Waals surface area contributed by atoms with Crippen LogP contribution in [0.5, 0.6) is 34.5 Å². The highest BCUT2D eigenvalue weighted by Crippen LogP contribution is 2.44. The van der Waals surface area contributed by atoms with E-state index in [0.717, 1.165) is 0 Å². The second kappa shape index (κ2) is 13.3. The van der Waals surface area contributed by atoms with Gasteiger partial charge in [-0.3, -0.25) is 14.4 Å². The van der Waals surface area contributed by atoms with Gasteiger partial charge in [0, 0.05) is 37.7 Å². The first-order valence-corrected chi connectivity index (χ1v) is 13.7. The Hall–Kier alpha value is -4.35. The topological polar surface area (TPSA) is 122 Å². The molecule has 0 bridgehead atoms. The Morgan fingerprint density at radius 2 is 1.12 bits per heavy atom. The summed E-state index contributed by atoms with van der Waals surface area (Å²) < 4.78 is 38.3. The fourth-order valence-electron chi connectivity index (χ4n) is 5.33. The fraction of sp³-hybridized carbons (Fsp3) is 0.516. The molecule has 1 atom stereocenters. The van der Waals surface area contributed by atoms with Crippen molar-refractivity contribution in [1.82, 2.24) is 9.80 Å². The van der Waals surface area contributed by atoms with E-state index in [0.29, 0.717) is 40.1 Å². The maximum atomic E-state index is 14.3. The second-order valence-corrected chi connectivity index (χ2v) is 11.1. The Morgan fingerprint density at radius 3 is 1.47 bits per heavy atom. The summed E-state index contributed by atoms with van der Waals surface area (Å²) in [5, 5.41) is 0. The van der Waals surface area contributed by atoms with Crippen molar-refractivity contribution in [3.63, 3.8) is 0 Å². The van der Waals surface area contributed by atoms with E-state index in [4.69, 9.17) is 33.2 Å². The van der Waals surface area contributed by atoms with Crippen molar-refractivity contribution in [2.24, 2.45) is 5.41 Å². The number of carbonyl (C=O) groups excluding carboxylic acids is 3. The quantitative estimate of drug-likeness (QED) is 0.372. The van der Waals surface area contributed by atoms with Gasteiger partial charge in [-0.15, -0.1) is 0 Å². The molecule has 1 aliphatic rings. The number of carbonyl (C=O) groups is 3. The first kappa shape index (κ1) is 33.2. The van der Waals surface area contributed by atoms with Crippen LogP contribution in [0.25, 0.3) is 0 Å². The van der Waals surface area contributed by atoms with Crippen LogP contribution in [0.15, 0.2) is 24.3 Å². The molecule has 236 valence electrons. The van der Waals surface area contributed by atoms with Crippen LogP contribution in [0.4, 0.5) is 0 Å². The Balaban J connectivity index is 2.12. The second-order valence-electron chi connectivity index (χ2n) is 11.1. The van der Waals surface area contributed by atoms with Crippen molar-refractivity contribution >= 4 is 17.8 Å². The van der Waals surface area contributed by atoms with Crippen LogP contribution in [0.3, 0.4) is 0 Å². The lowest BCUT2D eigenvalue weighted by Crippen LogP contribution is -2.71. The van der Waals surface area contributed by atoms with Crippen molar-refractivity contribution < 1.29 is 47.5 Å². The van der Waals surface area contributed by atoms with E-state index in [1.54, 1.807) is 34.1 Å². The zero-order chi connectivity index (χ0) is 32.1. The molecule has 1 fully saturated rings. The lowest BCUT2D eigenvalue weighted by molar-refractivity contribution is -0.151. The summed E-state index contributed by atoms with van der Waals surface area (Å²) in [7, 11) is 8.86. The molecular formula is C31H42N2O10. The van der Waals surface area contributed by atoms with Gasteiger partial charge in [-0.25, -0.2) is 0 Å². The minimum atomic E-state index is -1.12. The van der Waals surface area contributed by atoms with Crippen LogP contribution in [-0.4, -0.2) is 102 Å². The number of benzene rings is 2. The Morgan fingerprint density at radius 1 is 0.698 bits per heavy atom. The summed E-state index contributed by atoms with van der Waals surface area (Å²) in [5.74, 6) is 0.872. The van der Waals surface area contributed by atoms with Crippen molar-refractivity contribution in [3.05, 3.63) is 35.4 Å². The maximum absolute atomic E-state index is 14.3. The molecule has 0 saturated carbocycles. The Bertz CT molecular complexity index is 1300. The minimum Gasteiger partial charge on any atom is -0.493 e. The fourth-order valence-corrected chi connectivity index (χ4v) is 5.33. The predicted molar refractivity (Wildman–Crippen MR) is 158 cm³/mol. The number of rotatable bonds is 10. The molecule has 2 amide bonds. The average Bonchev–Trinajstić information content (AvgIpc) is 3.00. The first-order valence-electron chi connectivity index (χ1n) is 13.7. The van der Waals surface area contributed by atoms with Crippen molar-refractivity contribution in [1.29, 1.82) is 0 Å². The van der Waals surface area contributed by atoms with Crippen molar-refractivity contribution in [2.75, 3.05) is 68.9 Å². The average molecular weight is 603 g/mol. The lowest BCUT2D eigenvalue weighted by atomic mass is 9.70. The number of methoxy groups -OCH3 is 6. The van der Waals surface area contributed by atoms with E-state index >= 15 is 0 Å². The summed E-state index contributed by atoms with van der Waals surface area (Å²) in [5.41, 5.74) is -1.18. The molecule has 12 heteroatoms. The minimum absolute atomic E-state index is 0.0788. The van der Waals surface area contributed by atoms with Crippen molar-refractivity contribution in [3.8, 4) is 34.5 Å². The molecule has 1 unspecified atom stereocenters. The highest BCUT2D eigenvalue weighted by molar-refractivity contribution is 5.98. The van der Waals surface area contributed by atoms with Crippen LogP contribution < -0.4 is 28.4 Å². The van der Waals surface area contributed by atoms with Gasteiger partial charge < -0.3 is 43.0 Å². The van der Waals surface area contributed by atoms with Gasteiger partial charge in [0.15, 0.2) is 23.0 Å². The molecule has 2 aromatic carbocycles. The third-order valence-corrected chi connectivity index (χ3v) is 7.83. The number of ether oxygens (including phenoxy) is 7. The number of amides is 2. The molecule has 0 radical (unpaired) electrons.